The first-order valence-corrected chi connectivity index (χ1v) is 28.0. The van der Waals surface area contributed by atoms with Gasteiger partial charge in [-0.3, -0.25) is 13.8 Å². The van der Waals surface area contributed by atoms with Gasteiger partial charge in [0.1, 0.15) is 6.10 Å². The van der Waals surface area contributed by atoms with Crippen molar-refractivity contribution >= 4 is 13.8 Å². The summed E-state index contributed by atoms with van der Waals surface area (Å²) in [6, 6.07) is 0. The molecule has 0 saturated carbocycles. The van der Waals surface area contributed by atoms with Crippen molar-refractivity contribution in [3.8, 4) is 0 Å². The summed E-state index contributed by atoms with van der Waals surface area (Å²) in [5.74, 6) is -0.320. The van der Waals surface area contributed by atoms with Crippen molar-refractivity contribution in [1.29, 1.82) is 0 Å². The van der Waals surface area contributed by atoms with Crippen molar-refractivity contribution in [2.24, 2.45) is 5.73 Å². The number of hydrogen-bond acceptors (Lipinski definition) is 7. The average molecular weight is 874 g/mol. The Morgan fingerprint density at radius 3 is 1.05 bits per heavy atom. The highest BCUT2D eigenvalue weighted by molar-refractivity contribution is 7.47. The fourth-order valence-corrected chi connectivity index (χ4v) is 8.88. The molecule has 0 amide bonds. The Kier molecular flexibility index (Phi) is 49.1. The second-order valence-corrected chi connectivity index (χ2v) is 19.6. The van der Waals surface area contributed by atoms with Crippen LogP contribution in [0.5, 0.6) is 0 Å². The lowest BCUT2D eigenvalue weighted by molar-refractivity contribution is -0.154. The molecule has 0 rings (SSSR count). The van der Waals surface area contributed by atoms with Crippen LogP contribution in [0.1, 0.15) is 284 Å². The molecule has 0 aromatic carbocycles. The highest BCUT2D eigenvalue weighted by atomic mass is 31.2. The van der Waals surface area contributed by atoms with E-state index in [0.717, 1.165) is 32.1 Å². The molecule has 3 N–H and O–H groups in total. The van der Waals surface area contributed by atoms with E-state index in [4.69, 9.17) is 24.3 Å². The molecule has 0 bridgehead atoms. The SMILES string of the molecule is CCCCCCCCCCCCCCCCCCCCCCCCCC(=O)O[C@H](COCCCCCCCCCCCCCCCCCCCC)COP(=O)(O)OCCN. The Balaban J connectivity index is 3.85. The minimum Gasteiger partial charge on any atom is -0.457 e. The molecule has 360 valence electrons. The van der Waals surface area contributed by atoms with E-state index in [-0.39, 0.29) is 32.3 Å². The minimum absolute atomic E-state index is 0.0897. The summed E-state index contributed by atoms with van der Waals surface area (Å²) in [7, 11) is -4.27. The van der Waals surface area contributed by atoms with Gasteiger partial charge in [0.25, 0.3) is 0 Å². The number of unbranched alkanes of at least 4 members (excludes halogenated alkanes) is 39. The van der Waals surface area contributed by atoms with Gasteiger partial charge in [-0.1, -0.05) is 264 Å². The van der Waals surface area contributed by atoms with Crippen LogP contribution in [0.15, 0.2) is 0 Å². The summed E-state index contributed by atoms with van der Waals surface area (Å²) in [6.07, 6.45) is 54.3. The number of carbonyl (C=O) groups excluding carboxylic acids is 1. The van der Waals surface area contributed by atoms with Gasteiger partial charge in [0, 0.05) is 19.6 Å². The van der Waals surface area contributed by atoms with Crippen LogP contribution in [-0.2, 0) is 27.9 Å². The lowest BCUT2D eigenvalue weighted by atomic mass is 10.0. The van der Waals surface area contributed by atoms with Crippen LogP contribution in [0, 0.1) is 0 Å². The fourth-order valence-electron chi connectivity index (χ4n) is 8.12. The van der Waals surface area contributed by atoms with E-state index < -0.39 is 13.9 Å². The van der Waals surface area contributed by atoms with E-state index >= 15 is 0 Å². The van der Waals surface area contributed by atoms with Crippen molar-refractivity contribution in [3.05, 3.63) is 0 Å². The Hall–Kier alpha value is -0.500. The molecular weight excluding hydrogens is 770 g/mol. The lowest BCUT2D eigenvalue weighted by Gasteiger charge is -2.20. The zero-order valence-electron chi connectivity index (χ0n) is 40.2. The summed E-state index contributed by atoms with van der Waals surface area (Å²) in [5.41, 5.74) is 5.39. The number of nitrogens with two attached hydrogens (primary N) is 1. The molecular formula is C51H104NO7P. The smallest absolute Gasteiger partial charge is 0.457 e. The van der Waals surface area contributed by atoms with Crippen LogP contribution in [0.3, 0.4) is 0 Å². The molecule has 1 unspecified atom stereocenters. The van der Waals surface area contributed by atoms with E-state index in [0.29, 0.717) is 13.0 Å². The molecule has 0 aliphatic carbocycles. The summed E-state index contributed by atoms with van der Waals surface area (Å²) < 4.78 is 33.6. The number of carbonyl (C=O) groups is 1. The van der Waals surface area contributed by atoms with E-state index in [1.165, 1.54) is 231 Å². The van der Waals surface area contributed by atoms with Crippen molar-refractivity contribution in [3.63, 3.8) is 0 Å². The highest BCUT2D eigenvalue weighted by Gasteiger charge is 2.25. The third-order valence-corrected chi connectivity index (χ3v) is 13.0. The Morgan fingerprint density at radius 2 is 0.733 bits per heavy atom. The monoisotopic (exact) mass is 874 g/mol. The minimum atomic E-state index is -4.27. The summed E-state index contributed by atoms with van der Waals surface area (Å²) >= 11 is 0. The molecule has 0 spiro atoms. The first-order valence-electron chi connectivity index (χ1n) is 26.5. The van der Waals surface area contributed by atoms with Crippen LogP contribution in [0.25, 0.3) is 0 Å². The Morgan fingerprint density at radius 1 is 0.433 bits per heavy atom. The third kappa shape index (κ3) is 48.5. The van der Waals surface area contributed by atoms with Gasteiger partial charge in [0.15, 0.2) is 0 Å². The highest BCUT2D eigenvalue weighted by Crippen LogP contribution is 2.43. The predicted molar refractivity (Wildman–Crippen MR) is 257 cm³/mol. The van der Waals surface area contributed by atoms with Gasteiger partial charge in [-0.05, 0) is 12.8 Å². The number of phosphoric ester groups is 1. The second kappa shape index (κ2) is 49.5. The van der Waals surface area contributed by atoms with Crippen LogP contribution in [-0.4, -0.2) is 49.9 Å². The fraction of sp³-hybridized carbons (Fsp3) is 0.980. The molecule has 0 saturated heterocycles. The molecule has 0 aliphatic heterocycles. The predicted octanol–water partition coefficient (Wildman–Crippen LogP) is 16.4. The van der Waals surface area contributed by atoms with Gasteiger partial charge >= 0.3 is 13.8 Å². The maximum atomic E-state index is 12.7. The summed E-state index contributed by atoms with van der Waals surface area (Å²) in [5, 5.41) is 0. The number of ether oxygens (including phenoxy) is 2. The van der Waals surface area contributed by atoms with Crippen molar-refractivity contribution < 1.29 is 32.8 Å². The summed E-state index contributed by atoms with van der Waals surface area (Å²) in [6.45, 7) is 5.01. The van der Waals surface area contributed by atoms with Gasteiger partial charge in [-0.2, -0.15) is 0 Å². The lowest BCUT2D eigenvalue weighted by Crippen LogP contribution is -2.28. The number of hydrogen-bond donors (Lipinski definition) is 2. The number of esters is 1. The quantitative estimate of drug-likeness (QED) is 0.0352. The Labute approximate surface area is 373 Å². The average Bonchev–Trinajstić information content (AvgIpc) is 3.24. The zero-order valence-corrected chi connectivity index (χ0v) is 41.1. The molecule has 0 aliphatic rings. The first-order chi connectivity index (χ1) is 29.4. The molecule has 60 heavy (non-hydrogen) atoms. The van der Waals surface area contributed by atoms with Crippen molar-refractivity contribution in [2.45, 2.75) is 290 Å². The summed E-state index contributed by atoms with van der Waals surface area (Å²) in [4.78, 5) is 22.6. The van der Waals surface area contributed by atoms with E-state index in [2.05, 4.69) is 13.8 Å². The van der Waals surface area contributed by atoms with Crippen LogP contribution in [0.2, 0.25) is 0 Å². The maximum absolute atomic E-state index is 12.7. The van der Waals surface area contributed by atoms with Gasteiger partial charge in [0.05, 0.1) is 19.8 Å². The maximum Gasteiger partial charge on any atom is 0.472 e. The molecule has 0 aromatic heterocycles. The van der Waals surface area contributed by atoms with Crippen molar-refractivity contribution in [2.75, 3.05) is 33.0 Å². The Bertz CT molecular complexity index is 894. The van der Waals surface area contributed by atoms with E-state index in [1.54, 1.807) is 0 Å². The van der Waals surface area contributed by atoms with Crippen molar-refractivity contribution in [1.82, 2.24) is 0 Å². The molecule has 8 nitrogen and oxygen atoms in total. The normalized spacial score (nSPS) is 13.2. The molecule has 0 aromatic rings. The molecule has 0 radical (unpaired) electrons. The van der Waals surface area contributed by atoms with Gasteiger partial charge in [0.2, 0.25) is 0 Å². The van der Waals surface area contributed by atoms with E-state index in [1.807, 2.05) is 0 Å². The molecule has 0 fully saturated rings. The zero-order chi connectivity index (χ0) is 43.7. The molecule has 9 heteroatoms. The van der Waals surface area contributed by atoms with Crippen LogP contribution in [0.4, 0.5) is 0 Å². The van der Waals surface area contributed by atoms with Crippen LogP contribution < -0.4 is 5.73 Å². The van der Waals surface area contributed by atoms with Crippen LogP contribution >= 0.6 is 7.82 Å². The third-order valence-electron chi connectivity index (χ3n) is 12.0. The van der Waals surface area contributed by atoms with E-state index in [9.17, 15) is 14.3 Å². The topological polar surface area (TPSA) is 117 Å². The van der Waals surface area contributed by atoms with Gasteiger partial charge < -0.3 is 20.1 Å². The first kappa shape index (κ1) is 59.5. The molecule has 2 atom stereocenters. The van der Waals surface area contributed by atoms with Gasteiger partial charge in [-0.25, -0.2) is 4.57 Å². The largest absolute Gasteiger partial charge is 0.472 e. The molecule has 0 heterocycles. The van der Waals surface area contributed by atoms with Gasteiger partial charge in [-0.15, -0.1) is 0 Å². The number of phosphoric acid groups is 1. The number of rotatable bonds is 52. The second-order valence-electron chi connectivity index (χ2n) is 18.1. The standard InChI is InChI=1S/C51H104NO7P/c1-3-5-7-9-11-13-15-17-19-21-23-24-25-26-27-28-30-32-34-36-38-40-42-44-51(53)59-50(49-58-60(54,55)57-47-45-52)48-56-46-43-41-39-37-35-33-31-29-22-20-18-16-14-12-10-8-6-4-2/h50H,3-49,52H2,1-2H3,(H,54,55)/t50-/m1/s1.